The predicted octanol–water partition coefficient (Wildman–Crippen LogP) is 1.30. The third-order valence-electron chi connectivity index (χ3n) is 3.07. The van der Waals surface area contributed by atoms with E-state index in [2.05, 4.69) is 29.2 Å². The third-order valence-corrected chi connectivity index (χ3v) is 3.07. The van der Waals surface area contributed by atoms with Crippen molar-refractivity contribution in [2.45, 2.75) is 27.3 Å². The molecule has 0 aliphatic carbocycles. The van der Waals surface area contributed by atoms with Crippen LogP contribution in [0.4, 0.5) is 4.39 Å². The number of likely N-dealkylation sites (N-methyl/N-ethyl adjacent to an activating group) is 1. The van der Waals surface area contributed by atoms with Crippen LogP contribution in [0, 0.1) is 12.9 Å². The molecule has 98 valence electrons. The highest BCUT2D eigenvalue weighted by molar-refractivity contribution is 5.16. The Morgan fingerprint density at radius 3 is 2.47 bits per heavy atom. The molecule has 1 rings (SSSR count). The maximum absolute atomic E-state index is 13.6. The van der Waals surface area contributed by atoms with Gasteiger partial charge in [-0.2, -0.15) is 9.49 Å². The van der Waals surface area contributed by atoms with E-state index >= 15 is 0 Å². The fourth-order valence-electron chi connectivity index (χ4n) is 1.87. The van der Waals surface area contributed by atoms with E-state index in [1.807, 2.05) is 6.92 Å². The third kappa shape index (κ3) is 3.78. The highest BCUT2D eigenvalue weighted by Crippen LogP contribution is 2.10. The minimum absolute atomic E-state index is 0.238. The normalized spacial score (nSPS) is 11.4. The van der Waals surface area contributed by atoms with Crippen LogP contribution in [0.15, 0.2) is 0 Å². The molecule has 0 aromatic carbocycles. The minimum atomic E-state index is -0.238. The highest BCUT2D eigenvalue weighted by Gasteiger charge is 2.11. The Balaban J connectivity index is 2.36. The largest absolute Gasteiger partial charge is 0.311 e. The number of nitrogens with zero attached hydrogens (tertiary/aromatic N) is 3. The van der Waals surface area contributed by atoms with Crippen LogP contribution in [0.5, 0.6) is 0 Å². The topological polar surface area (TPSA) is 33.1 Å². The molecule has 0 fully saturated rings. The van der Waals surface area contributed by atoms with E-state index in [1.54, 1.807) is 7.05 Å². The number of aryl methyl sites for hydroxylation is 2. The first-order valence-corrected chi connectivity index (χ1v) is 6.21. The Hall–Kier alpha value is -0.940. The van der Waals surface area contributed by atoms with E-state index in [0.717, 1.165) is 31.9 Å². The van der Waals surface area contributed by atoms with Gasteiger partial charge in [0.25, 0.3) is 0 Å². The van der Waals surface area contributed by atoms with Gasteiger partial charge >= 0.3 is 0 Å². The van der Waals surface area contributed by atoms with Gasteiger partial charge in [0, 0.05) is 32.2 Å². The van der Waals surface area contributed by atoms with E-state index in [0.29, 0.717) is 12.1 Å². The molecule has 0 bridgehead atoms. The maximum Gasteiger partial charge on any atom is 0.215 e. The molecule has 1 N–H and O–H groups in total. The number of nitrogens with one attached hydrogen (secondary N) is 1. The Morgan fingerprint density at radius 1 is 1.35 bits per heavy atom. The molecule has 17 heavy (non-hydrogen) atoms. The molecule has 1 aromatic rings. The van der Waals surface area contributed by atoms with Gasteiger partial charge < -0.3 is 10.2 Å². The van der Waals surface area contributed by atoms with E-state index in [4.69, 9.17) is 0 Å². The van der Waals surface area contributed by atoms with Crippen molar-refractivity contribution in [3.63, 3.8) is 0 Å². The fraction of sp³-hybridized carbons (Fsp3) is 0.750. The van der Waals surface area contributed by atoms with Gasteiger partial charge in [0.05, 0.1) is 5.69 Å². The SMILES string of the molecule is CCN(CC)CCNCc1c(C)nn(C)c1F. The first-order valence-electron chi connectivity index (χ1n) is 6.21. The lowest BCUT2D eigenvalue weighted by Gasteiger charge is -2.17. The lowest BCUT2D eigenvalue weighted by atomic mass is 10.2. The van der Waals surface area contributed by atoms with E-state index in [9.17, 15) is 4.39 Å². The molecule has 0 atom stereocenters. The van der Waals surface area contributed by atoms with Gasteiger partial charge in [0.1, 0.15) is 0 Å². The van der Waals surface area contributed by atoms with Gasteiger partial charge in [-0.05, 0) is 20.0 Å². The molecule has 0 spiro atoms. The predicted molar refractivity (Wildman–Crippen MR) is 67.4 cm³/mol. The standard InChI is InChI=1S/C12H23FN4/c1-5-17(6-2)8-7-14-9-11-10(3)15-16(4)12(11)13/h14H,5-9H2,1-4H3. The molecule has 5 heteroatoms. The quantitative estimate of drug-likeness (QED) is 0.732. The Labute approximate surface area is 103 Å². The van der Waals surface area contributed by atoms with Crippen LogP contribution in [0.25, 0.3) is 0 Å². The number of aromatic nitrogens is 2. The minimum Gasteiger partial charge on any atom is -0.311 e. The first kappa shape index (κ1) is 14.1. The first-order chi connectivity index (χ1) is 8.10. The van der Waals surface area contributed by atoms with Crippen LogP contribution in [-0.4, -0.2) is 40.9 Å². The average Bonchev–Trinajstić information content (AvgIpc) is 2.55. The van der Waals surface area contributed by atoms with Gasteiger partial charge in [-0.25, -0.2) is 4.68 Å². The molecule has 0 saturated heterocycles. The molecule has 0 saturated carbocycles. The lowest BCUT2D eigenvalue weighted by molar-refractivity contribution is 0.302. The van der Waals surface area contributed by atoms with Crippen LogP contribution in [0.2, 0.25) is 0 Å². The van der Waals surface area contributed by atoms with Crippen LogP contribution >= 0.6 is 0 Å². The molecule has 0 unspecified atom stereocenters. The van der Waals surface area contributed by atoms with Crippen LogP contribution in [-0.2, 0) is 13.6 Å². The monoisotopic (exact) mass is 242 g/mol. The summed E-state index contributed by atoms with van der Waals surface area (Å²) in [6, 6.07) is 0. The molecule has 0 aliphatic heterocycles. The molecule has 0 radical (unpaired) electrons. The second kappa shape index (κ2) is 6.71. The lowest BCUT2D eigenvalue weighted by Crippen LogP contribution is -2.31. The van der Waals surface area contributed by atoms with Crippen molar-refractivity contribution in [1.82, 2.24) is 20.0 Å². The number of hydrogen-bond donors (Lipinski definition) is 1. The van der Waals surface area contributed by atoms with Gasteiger partial charge in [0.15, 0.2) is 0 Å². The number of halogens is 1. The Morgan fingerprint density at radius 2 is 2.00 bits per heavy atom. The smallest absolute Gasteiger partial charge is 0.215 e. The summed E-state index contributed by atoms with van der Waals surface area (Å²) in [7, 11) is 1.63. The summed E-state index contributed by atoms with van der Waals surface area (Å²) in [6.07, 6.45) is 0. The Bertz CT molecular complexity index is 345. The van der Waals surface area contributed by atoms with E-state index in [-0.39, 0.29) is 5.95 Å². The molecule has 1 heterocycles. The Kier molecular flexibility index (Phi) is 5.58. The van der Waals surface area contributed by atoms with Gasteiger partial charge in [-0.3, -0.25) is 0 Å². The number of rotatable bonds is 7. The second-order valence-corrected chi connectivity index (χ2v) is 4.18. The molecule has 4 nitrogen and oxygen atoms in total. The molecular weight excluding hydrogens is 219 g/mol. The van der Waals surface area contributed by atoms with Crippen molar-refractivity contribution in [1.29, 1.82) is 0 Å². The number of hydrogen-bond acceptors (Lipinski definition) is 3. The van der Waals surface area contributed by atoms with E-state index in [1.165, 1.54) is 4.68 Å². The van der Waals surface area contributed by atoms with Crippen LogP contribution in [0.1, 0.15) is 25.1 Å². The zero-order valence-corrected chi connectivity index (χ0v) is 11.3. The fourth-order valence-corrected chi connectivity index (χ4v) is 1.87. The van der Waals surface area contributed by atoms with Crippen molar-refractivity contribution in [2.24, 2.45) is 7.05 Å². The maximum atomic E-state index is 13.6. The second-order valence-electron chi connectivity index (χ2n) is 4.18. The molecule has 1 aromatic heterocycles. The molecule has 0 amide bonds. The van der Waals surface area contributed by atoms with Crippen molar-refractivity contribution in [2.75, 3.05) is 26.2 Å². The molecule has 0 aliphatic rings. The summed E-state index contributed by atoms with van der Waals surface area (Å²) in [6.45, 7) is 10.7. The zero-order valence-electron chi connectivity index (χ0n) is 11.3. The van der Waals surface area contributed by atoms with Gasteiger partial charge in [-0.15, -0.1) is 0 Å². The summed E-state index contributed by atoms with van der Waals surface area (Å²) in [4.78, 5) is 2.33. The average molecular weight is 242 g/mol. The van der Waals surface area contributed by atoms with Gasteiger partial charge in [0.2, 0.25) is 5.95 Å². The summed E-state index contributed by atoms with van der Waals surface area (Å²) in [5.74, 6) is -0.238. The zero-order chi connectivity index (χ0) is 12.8. The highest BCUT2D eigenvalue weighted by atomic mass is 19.1. The summed E-state index contributed by atoms with van der Waals surface area (Å²) >= 11 is 0. The van der Waals surface area contributed by atoms with Crippen molar-refractivity contribution in [3.8, 4) is 0 Å². The van der Waals surface area contributed by atoms with Crippen molar-refractivity contribution < 1.29 is 4.39 Å². The molecular formula is C12H23FN4. The van der Waals surface area contributed by atoms with Gasteiger partial charge in [-0.1, -0.05) is 13.8 Å². The van der Waals surface area contributed by atoms with Crippen molar-refractivity contribution in [3.05, 3.63) is 17.2 Å². The van der Waals surface area contributed by atoms with E-state index < -0.39 is 0 Å². The summed E-state index contributed by atoms with van der Waals surface area (Å²) < 4.78 is 14.9. The van der Waals surface area contributed by atoms with Crippen LogP contribution in [0.3, 0.4) is 0 Å². The van der Waals surface area contributed by atoms with Crippen LogP contribution < -0.4 is 5.32 Å². The summed E-state index contributed by atoms with van der Waals surface area (Å²) in [5.41, 5.74) is 1.44. The summed E-state index contributed by atoms with van der Waals surface area (Å²) in [5, 5.41) is 7.31. The van der Waals surface area contributed by atoms with Crippen molar-refractivity contribution >= 4 is 0 Å².